The molecule has 0 spiro atoms. The van der Waals surface area contributed by atoms with Gasteiger partial charge in [0.05, 0.1) is 11.9 Å². The van der Waals surface area contributed by atoms with Crippen molar-refractivity contribution in [3.63, 3.8) is 0 Å². The lowest BCUT2D eigenvalue weighted by Gasteiger charge is -1.96. The lowest BCUT2D eigenvalue weighted by molar-refractivity contribution is 0.424. The van der Waals surface area contributed by atoms with Crippen molar-refractivity contribution in [1.29, 1.82) is 0 Å². The van der Waals surface area contributed by atoms with E-state index in [-0.39, 0.29) is 5.59 Å². The maximum Gasteiger partial charge on any atom is 0.511 e. The van der Waals surface area contributed by atoms with Crippen molar-refractivity contribution in [3.8, 4) is 5.69 Å². The first-order valence-electron chi connectivity index (χ1n) is 4.11. The van der Waals surface area contributed by atoms with E-state index in [9.17, 15) is 0 Å². The fourth-order valence-corrected chi connectivity index (χ4v) is 1.10. The highest BCUT2D eigenvalue weighted by Gasteiger charge is 2.15. The fraction of sp³-hybridized carbons (Fsp3) is 0. The molecule has 14 heavy (non-hydrogen) atoms. The molecule has 0 radical (unpaired) electrons. The highest BCUT2D eigenvalue weighted by molar-refractivity contribution is 6.57. The van der Waals surface area contributed by atoms with E-state index in [0.29, 0.717) is 0 Å². The van der Waals surface area contributed by atoms with Crippen LogP contribution in [0, 0.1) is 0 Å². The number of benzene rings is 1. The third kappa shape index (κ3) is 1.66. The molecule has 5 nitrogen and oxygen atoms in total. The summed E-state index contributed by atoms with van der Waals surface area (Å²) in [6.45, 7) is 0. The average Bonchev–Trinajstić information content (AvgIpc) is 2.68. The van der Waals surface area contributed by atoms with Crippen LogP contribution in [0.5, 0.6) is 0 Å². The number of nitrogens with zero attached hydrogens (tertiary/aromatic N) is 3. The van der Waals surface area contributed by atoms with Crippen LogP contribution in [-0.2, 0) is 0 Å². The maximum atomic E-state index is 8.82. The molecule has 2 aromatic rings. The SMILES string of the molecule is OB(O)c1cn(-c2ccccc2)nn1. The minimum Gasteiger partial charge on any atom is -0.422 e. The lowest BCUT2D eigenvalue weighted by atomic mass is 9.87. The Hall–Kier alpha value is -1.66. The zero-order chi connectivity index (χ0) is 9.97. The molecule has 0 unspecified atom stereocenters. The molecular formula is C8H8BN3O2. The van der Waals surface area contributed by atoms with Crippen LogP contribution in [-0.4, -0.2) is 32.2 Å². The zero-order valence-electron chi connectivity index (χ0n) is 7.28. The predicted molar refractivity (Wildman–Crippen MR) is 51.2 cm³/mol. The molecule has 0 aliphatic carbocycles. The molecule has 0 amide bonds. The summed E-state index contributed by atoms with van der Waals surface area (Å²) in [5, 5.41) is 25.0. The molecule has 0 saturated heterocycles. The number of hydrogen-bond donors (Lipinski definition) is 2. The second-order valence-electron chi connectivity index (χ2n) is 2.80. The highest BCUT2D eigenvalue weighted by Crippen LogP contribution is 2.02. The van der Waals surface area contributed by atoms with Gasteiger partial charge in [0.2, 0.25) is 0 Å². The predicted octanol–water partition coefficient (Wildman–Crippen LogP) is -1.05. The summed E-state index contributed by atoms with van der Waals surface area (Å²) in [5.74, 6) is 0. The molecule has 0 atom stereocenters. The van der Waals surface area contributed by atoms with Gasteiger partial charge in [-0.2, -0.15) is 0 Å². The molecule has 0 aliphatic heterocycles. The summed E-state index contributed by atoms with van der Waals surface area (Å²) in [6.07, 6.45) is 1.47. The Labute approximate surface area is 80.8 Å². The van der Waals surface area contributed by atoms with E-state index in [1.165, 1.54) is 10.9 Å². The summed E-state index contributed by atoms with van der Waals surface area (Å²) < 4.78 is 1.48. The second-order valence-corrected chi connectivity index (χ2v) is 2.80. The van der Waals surface area contributed by atoms with Gasteiger partial charge in [-0.25, -0.2) is 4.68 Å². The van der Waals surface area contributed by atoms with Gasteiger partial charge in [0, 0.05) is 0 Å². The largest absolute Gasteiger partial charge is 0.511 e. The van der Waals surface area contributed by atoms with Crippen molar-refractivity contribution in [2.24, 2.45) is 0 Å². The summed E-state index contributed by atoms with van der Waals surface area (Å²) in [4.78, 5) is 0. The van der Waals surface area contributed by atoms with Crippen LogP contribution < -0.4 is 5.59 Å². The van der Waals surface area contributed by atoms with Crippen molar-refractivity contribution in [1.82, 2.24) is 15.0 Å². The Bertz CT molecular complexity index is 416. The molecule has 0 bridgehead atoms. The van der Waals surface area contributed by atoms with Gasteiger partial charge in [-0.1, -0.05) is 23.4 Å². The molecule has 1 heterocycles. The molecule has 0 aliphatic rings. The third-order valence-electron chi connectivity index (χ3n) is 1.80. The number of hydrogen-bond acceptors (Lipinski definition) is 4. The number of rotatable bonds is 2. The summed E-state index contributed by atoms with van der Waals surface area (Å²) in [7, 11) is -1.58. The van der Waals surface area contributed by atoms with Crippen LogP contribution >= 0.6 is 0 Å². The molecule has 0 saturated carbocycles. The maximum absolute atomic E-state index is 8.82. The fourth-order valence-electron chi connectivity index (χ4n) is 1.10. The van der Waals surface area contributed by atoms with E-state index < -0.39 is 7.12 Å². The quantitative estimate of drug-likeness (QED) is 0.591. The molecule has 1 aromatic heterocycles. The monoisotopic (exact) mass is 189 g/mol. The number of para-hydroxylation sites is 1. The Morgan fingerprint density at radius 2 is 1.86 bits per heavy atom. The van der Waals surface area contributed by atoms with Crippen LogP contribution in [0.4, 0.5) is 0 Å². The molecule has 0 fully saturated rings. The average molecular weight is 189 g/mol. The smallest absolute Gasteiger partial charge is 0.422 e. The first-order valence-corrected chi connectivity index (χ1v) is 4.11. The van der Waals surface area contributed by atoms with Crippen LogP contribution in [0.25, 0.3) is 5.69 Å². The van der Waals surface area contributed by atoms with Crippen molar-refractivity contribution in [3.05, 3.63) is 36.5 Å². The van der Waals surface area contributed by atoms with Crippen LogP contribution in [0.2, 0.25) is 0 Å². The Kier molecular flexibility index (Phi) is 2.30. The minimum atomic E-state index is -1.58. The minimum absolute atomic E-state index is 0.133. The van der Waals surface area contributed by atoms with Gasteiger partial charge in [0.25, 0.3) is 0 Å². The van der Waals surface area contributed by atoms with Gasteiger partial charge in [-0.15, -0.1) is 5.10 Å². The Morgan fingerprint density at radius 3 is 2.43 bits per heavy atom. The van der Waals surface area contributed by atoms with Crippen molar-refractivity contribution in [2.45, 2.75) is 0 Å². The van der Waals surface area contributed by atoms with Crippen molar-refractivity contribution < 1.29 is 10.0 Å². The van der Waals surface area contributed by atoms with Crippen LogP contribution in [0.3, 0.4) is 0 Å². The van der Waals surface area contributed by atoms with E-state index >= 15 is 0 Å². The third-order valence-corrected chi connectivity index (χ3v) is 1.80. The topological polar surface area (TPSA) is 71.2 Å². The molecule has 6 heteroatoms. The summed E-state index contributed by atoms with van der Waals surface area (Å²) >= 11 is 0. The van der Waals surface area contributed by atoms with Gasteiger partial charge in [0.1, 0.15) is 5.59 Å². The van der Waals surface area contributed by atoms with Gasteiger partial charge in [-0.3, -0.25) is 0 Å². The van der Waals surface area contributed by atoms with Crippen molar-refractivity contribution >= 4 is 12.7 Å². The van der Waals surface area contributed by atoms with Gasteiger partial charge >= 0.3 is 7.12 Å². The Balaban J connectivity index is 2.34. The van der Waals surface area contributed by atoms with E-state index in [0.717, 1.165) is 5.69 Å². The Morgan fingerprint density at radius 1 is 1.14 bits per heavy atom. The van der Waals surface area contributed by atoms with Gasteiger partial charge in [0.15, 0.2) is 0 Å². The standard InChI is InChI=1S/C8H8BN3O2/c13-9(14)8-6-12(11-10-8)7-4-2-1-3-5-7/h1-6,13-14H. The first-order chi connectivity index (χ1) is 6.77. The highest BCUT2D eigenvalue weighted by atomic mass is 16.4. The normalized spacial score (nSPS) is 10.1. The van der Waals surface area contributed by atoms with E-state index in [1.54, 1.807) is 0 Å². The molecule has 1 aromatic carbocycles. The number of aromatic nitrogens is 3. The summed E-state index contributed by atoms with van der Waals surface area (Å²) in [6, 6.07) is 9.32. The summed E-state index contributed by atoms with van der Waals surface area (Å²) in [5.41, 5.74) is 0.959. The van der Waals surface area contributed by atoms with Crippen LogP contribution in [0.15, 0.2) is 36.5 Å². The van der Waals surface area contributed by atoms with Gasteiger partial charge in [-0.05, 0) is 12.1 Å². The van der Waals surface area contributed by atoms with E-state index in [1.807, 2.05) is 30.3 Å². The second kappa shape index (κ2) is 3.61. The van der Waals surface area contributed by atoms with Crippen LogP contribution in [0.1, 0.15) is 0 Å². The van der Waals surface area contributed by atoms with E-state index in [4.69, 9.17) is 10.0 Å². The zero-order valence-corrected chi connectivity index (χ0v) is 7.28. The molecule has 2 rings (SSSR count). The first kappa shape index (κ1) is 8.92. The lowest BCUT2D eigenvalue weighted by Crippen LogP contribution is -2.30. The molecule has 2 N–H and O–H groups in total. The molecular weight excluding hydrogens is 181 g/mol. The van der Waals surface area contributed by atoms with E-state index in [2.05, 4.69) is 10.3 Å². The van der Waals surface area contributed by atoms with Gasteiger partial charge < -0.3 is 10.0 Å². The van der Waals surface area contributed by atoms with Crippen molar-refractivity contribution in [2.75, 3.05) is 0 Å². The molecule has 70 valence electrons.